The van der Waals surface area contributed by atoms with Gasteiger partial charge in [0.25, 0.3) is 0 Å². The molecule has 16 heavy (non-hydrogen) atoms. The number of hydrogen-bond acceptors (Lipinski definition) is 3. The summed E-state index contributed by atoms with van der Waals surface area (Å²) < 4.78 is 1.81. The number of aryl methyl sites for hydroxylation is 2. The second kappa shape index (κ2) is 4.90. The smallest absolute Gasteiger partial charge is 0.0762 e. The van der Waals surface area contributed by atoms with E-state index in [0.29, 0.717) is 0 Å². The van der Waals surface area contributed by atoms with E-state index < -0.39 is 0 Å². The molecule has 1 N–H and O–H groups in total. The van der Waals surface area contributed by atoms with Crippen molar-refractivity contribution in [1.29, 1.82) is 0 Å². The molecule has 84 valence electrons. The van der Waals surface area contributed by atoms with Crippen LogP contribution in [0.3, 0.4) is 0 Å². The Morgan fingerprint density at radius 2 is 2.19 bits per heavy atom. The lowest BCUT2D eigenvalue weighted by Gasteiger charge is -2.05. The van der Waals surface area contributed by atoms with E-state index in [1.165, 1.54) is 11.1 Å². The van der Waals surface area contributed by atoms with Crippen LogP contribution in [-0.2, 0) is 20.1 Å². The maximum atomic E-state index is 4.30. The normalized spacial score (nSPS) is 10.6. The van der Waals surface area contributed by atoms with Gasteiger partial charge in [-0.1, -0.05) is 0 Å². The van der Waals surface area contributed by atoms with Crippen LogP contribution >= 0.6 is 0 Å². The van der Waals surface area contributed by atoms with E-state index in [1.54, 1.807) is 0 Å². The number of rotatable bonds is 4. The first kappa shape index (κ1) is 10.8. The van der Waals surface area contributed by atoms with Gasteiger partial charge in [-0.2, -0.15) is 5.10 Å². The lowest BCUT2D eigenvalue weighted by molar-refractivity contribution is 0.653. The van der Waals surface area contributed by atoms with Crippen LogP contribution in [-0.4, -0.2) is 14.8 Å². The summed E-state index contributed by atoms with van der Waals surface area (Å²) in [5.41, 5.74) is 3.56. The van der Waals surface area contributed by atoms with Crippen LogP contribution in [0, 0.1) is 6.92 Å². The molecule has 4 nitrogen and oxygen atoms in total. The summed E-state index contributed by atoms with van der Waals surface area (Å²) in [4.78, 5) is 4.12. The SMILES string of the molecule is Cc1ccncc1CNCc1ccn(C)n1. The molecule has 0 bridgehead atoms. The molecule has 0 amide bonds. The Morgan fingerprint density at radius 3 is 2.88 bits per heavy atom. The molecule has 2 heterocycles. The second-order valence-corrected chi connectivity index (χ2v) is 3.89. The van der Waals surface area contributed by atoms with Crippen LogP contribution in [0.2, 0.25) is 0 Å². The van der Waals surface area contributed by atoms with Crippen molar-refractivity contribution in [3.05, 3.63) is 47.5 Å². The summed E-state index contributed by atoms with van der Waals surface area (Å²) in [6.45, 7) is 3.71. The van der Waals surface area contributed by atoms with E-state index in [2.05, 4.69) is 22.3 Å². The van der Waals surface area contributed by atoms with E-state index in [4.69, 9.17) is 0 Å². The summed E-state index contributed by atoms with van der Waals surface area (Å²) >= 11 is 0. The zero-order chi connectivity index (χ0) is 11.4. The summed E-state index contributed by atoms with van der Waals surface area (Å²) in [6, 6.07) is 4.04. The fourth-order valence-corrected chi connectivity index (χ4v) is 1.56. The van der Waals surface area contributed by atoms with Gasteiger partial charge in [0.05, 0.1) is 5.69 Å². The van der Waals surface area contributed by atoms with Crippen molar-refractivity contribution in [1.82, 2.24) is 20.1 Å². The minimum atomic E-state index is 0.787. The van der Waals surface area contributed by atoms with Gasteiger partial charge in [-0.05, 0) is 30.2 Å². The molecule has 2 aromatic rings. The zero-order valence-corrected chi connectivity index (χ0v) is 9.64. The minimum absolute atomic E-state index is 0.787. The maximum absolute atomic E-state index is 4.30. The lowest BCUT2D eigenvalue weighted by atomic mass is 10.1. The molecule has 0 atom stereocenters. The number of hydrogen-bond donors (Lipinski definition) is 1. The predicted molar refractivity (Wildman–Crippen MR) is 62.7 cm³/mol. The highest BCUT2D eigenvalue weighted by Gasteiger charge is 1.99. The average molecular weight is 216 g/mol. The van der Waals surface area contributed by atoms with E-state index >= 15 is 0 Å². The Bertz CT molecular complexity index is 462. The van der Waals surface area contributed by atoms with Gasteiger partial charge in [0.15, 0.2) is 0 Å². The highest BCUT2D eigenvalue weighted by atomic mass is 15.3. The molecule has 4 heteroatoms. The zero-order valence-electron chi connectivity index (χ0n) is 9.64. The first-order chi connectivity index (χ1) is 7.75. The van der Waals surface area contributed by atoms with Crippen LogP contribution in [0.1, 0.15) is 16.8 Å². The summed E-state index contributed by atoms with van der Waals surface area (Å²) in [7, 11) is 1.93. The van der Waals surface area contributed by atoms with Gasteiger partial charge in [-0.15, -0.1) is 0 Å². The van der Waals surface area contributed by atoms with E-state index in [-0.39, 0.29) is 0 Å². The Balaban J connectivity index is 1.87. The van der Waals surface area contributed by atoms with Gasteiger partial charge in [0, 0.05) is 38.7 Å². The van der Waals surface area contributed by atoms with E-state index in [0.717, 1.165) is 18.8 Å². The molecular formula is C12H16N4. The predicted octanol–water partition coefficient (Wildman–Crippen LogP) is 1.41. The minimum Gasteiger partial charge on any atom is -0.307 e. The van der Waals surface area contributed by atoms with Gasteiger partial charge in [0.2, 0.25) is 0 Å². The van der Waals surface area contributed by atoms with E-state index in [9.17, 15) is 0 Å². The number of aromatic nitrogens is 3. The number of nitrogens with zero attached hydrogens (tertiary/aromatic N) is 3. The Labute approximate surface area is 95.3 Å². The van der Waals surface area contributed by atoms with E-state index in [1.807, 2.05) is 42.5 Å². The topological polar surface area (TPSA) is 42.7 Å². The van der Waals surface area contributed by atoms with Crippen molar-refractivity contribution in [2.75, 3.05) is 0 Å². The van der Waals surface area contributed by atoms with Crippen LogP contribution in [0.15, 0.2) is 30.7 Å². The molecule has 0 aromatic carbocycles. The standard InChI is InChI=1S/C12H16N4/c1-10-3-5-13-7-11(10)8-14-9-12-4-6-16(2)15-12/h3-7,14H,8-9H2,1-2H3. The highest BCUT2D eigenvalue weighted by molar-refractivity contribution is 5.21. The molecule has 0 fully saturated rings. The van der Waals surface area contributed by atoms with Gasteiger partial charge >= 0.3 is 0 Å². The first-order valence-electron chi connectivity index (χ1n) is 5.34. The quantitative estimate of drug-likeness (QED) is 0.840. The van der Waals surface area contributed by atoms with Crippen LogP contribution in [0.5, 0.6) is 0 Å². The van der Waals surface area contributed by atoms with Gasteiger partial charge < -0.3 is 5.32 Å². The first-order valence-corrected chi connectivity index (χ1v) is 5.34. The molecular weight excluding hydrogens is 200 g/mol. The fourth-order valence-electron chi connectivity index (χ4n) is 1.56. The monoisotopic (exact) mass is 216 g/mol. The third-order valence-corrected chi connectivity index (χ3v) is 2.54. The summed E-state index contributed by atoms with van der Waals surface area (Å²) in [5.74, 6) is 0. The fraction of sp³-hybridized carbons (Fsp3) is 0.333. The lowest BCUT2D eigenvalue weighted by Crippen LogP contribution is -2.14. The van der Waals surface area contributed by atoms with Gasteiger partial charge in [-0.3, -0.25) is 9.67 Å². The number of nitrogens with one attached hydrogen (secondary N) is 1. The summed E-state index contributed by atoms with van der Waals surface area (Å²) in [5, 5.41) is 7.66. The molecule has 0 unspecified atom stereocenters. The Kier molecular flexibility index (Phi) is 3.31. The van der Waals surface area contributed by atoms with Crippen molar-refractivity contribution in [3.8, 4) is 0 Å². The van der Waals surface area contributed by atoms with Crippen LogP contribution in [0.25, 0.3) is 0 Å². The van der Waals surface area contributed by atoms with Crippen molar-refractivity contribution < 1.29 is 0 Å². The van der Waals surface area contributed by atoms with Crippen LogP contribution < -0.4 is 5.32 Å². The third kappa shape index (κ3) is 2.67. The summed E-state index contributed by atoms with van der Waals surface area (Å²) in [6.07, 6.45) is 5.67. The molecule has 0 aliphatic carbocycles. The Hall–Kier alpha value is -1.68. The van der Waals surface area contributed by atoms with Crippen molar-refractivity contribution in [2.45, 2.75) is 20.0 Å². The maximum Gasteiger partial charge on any atom is 0.0762 e. The second-order valence-electron chi connectivity index (χ2n) is 3.89. The molecule has 0 aliphatic heterocycles. The largest absolute Gasteiger partial charge is 0.307 e. The van der Waals surface area contributed by atoms with Gasteiger partial charge in [-0.25, -0.2) is 0 Å². The average Bonchev–Trinajstić information content (AvgIpc) is 2.67. The van der Waals surface area contributed by atoms with Crippen molar-refractivity contribution in [2.24, 2.45) is 7.05 Å². The highest BCUT2D eigenvalue weighted by Crippen LogP contribution is 2.04. The molecule has 2 rings (SSSR count). The van der Waals surface area contributed by atoms with Crippen LogP contribution in [0.4, 0.5) is 0 Å². The Morgan fingerprint density at radius 1 is 1.31 bits per heavy atom. The van der Waals surface area contributed by atoms with Crippen molar-refractivity contribution >= 4 is 0 Å². The third-order valence-electron chi connectivity index (χ3n) is 2.54. The van der Waals surface area contributed by atoms with Gasteiger partial charge in [0.1, 0.15) is 0 Å². The van der Waals surface area contributed by atoms with Crippen molar-refractivity contribution in [3.63, 3.8) is 0 Å². The molecule has 0 saturated carbocycles. The molecule has 0 radical (unpaired) electrons. The molecule has 0 aliphatic rings. The molecule has 0 spiro atoms. The number of pyridine rings is 1. The molecule has 0 saturated heterocycles. The molecule has 2 aromatic heterocycles.